The summed E-state index contributed by atoms with van der Waals surface area (Å²) < 4.78 is 34.8. The number of carbonyl (C=O) groups excluding carboxylic acids is 1. The highest BCUT2D eigenvalue weighted by Crippen LogP contribution is 2.26. The van der Waals surface area contributed by atoms with Gasteiger partial charge >= 0.3 is 0 Å². The number of para-hydroxylation sites is 2. The fourth-order valence-corrected chi connectivity index (χ4v) is 3.85. The molecule has 0 aliphatic heterocycles. The highest BCUT2D eigenvalue weighted by Gasteiger charge is 2.17. The van der Waals surface area contributed by atoms with Crippen molar-refractivity contribution in [3.8, 4) is 5.75 Å². The van der Waals surface area contributed by atoms with Gasteiger partial charge in [0.2, 0.25) is 0 Å². The van der Waals surface area contributed by atoms with Gasteiger partial charge in [-0.1, -0.05) is 12.1 Å². The van der Waals surface area contributed by atoms with Gasteiger partial charge in [-0.05, 0) is 43.3 Å². The average molecular weight is 414 g/mol. The molecule has 1 unspecified atom stereocenters. The molecule has 0 aliphatic rings. The van der Waals surface area contributed by atoms with Gasteiger partial charge < -0.3 is 14.6 Å². The van der Waals surface area contributed by atoms with Crippen molar-refractivity contribution < 1.29 is 17.9 Å². The van der Waals surface area contributed by atoms with Crippen LogP contribution in [-0.2, 0) is 16.6 Å². The lowest BCUT2D eigenvalue weighted by atomic mass is 10.2. The lowest BCUT2D eigenvalue weighted by Gasteiger charge is -2.15. The van der Waals surface area contributed by atoms with Crippen molar-refractivity contribution >= 4 is 21.6 Å². The largest absolute Gasteiger partial charge is 0.495 e. The van der Waals surface area contributed by atoms with Crippen molar-refractivity contribution in [3.63, 3.8) is 0 Å². The van der Waals surface area contributed by atoms with E-state index in [2.05, 4.69) is 15.0 Å². The SMILES string of the molecule is COc1ccccc1NS(=O)(=O)c1ccc(C(=O)NC(C)Cn2ccnc2)cc1. The van der Waals surface area contributed by atoms with E-state index in [9.17, 15) is 13.2 Å². The number of hydrogen-bond acceptors (Lipinski definition) is 5. The number of anilines is 1. The molecule has 0 saturated heterocycles. The highest BCUT2D eigenvalue weighted by atomic mass is 32.2. The van der Waals surface area contributed by atoms with E-state index in [1.165, 1.54) is 31.4 Å². The zero-order valence-electron chi connectivity index (χ0n) is 16.1. The number of sulfonamides is 1. The molecule has 1 heterocycles. The molecular formula is C20H22N4O4S. The predicted octanol–water partition coefficient (Wildman–Crippen LogP) is 2.51. The summed E-state index contributed by atoms with van der Waals surface area (Å²) in [5.41, 5.74) is 0.712. The molecular weight excluding hydrogens is 392 g/mol. The lowest BCUT2D eigenvalue weighted by Crippen LogP contribution is -2.35. The quantitative estimate of drug-likeness (QED) is 0.590. The van der Waals surface area contributed by atoms with Gasteiger partial charge in [-0.15, -0.1) is 0 Å². The number of nitrogens with zero attached hydrogens (tertiary/aromatic N) is 2. The van der Waals surface area contributed by atoms with Crippen LogP contribution in [0.15, 0.2) is 72.1 Å². The smallest absolute Gasteiger partial charge is 0.262 e. The van der Waals surface area contributed by atoms with Gasteiger partial charge in [0.05, 0.1) is 24.0 Å². The first-order chi connectivity index (χ1) is 13.9. The molecule has 29 heavy (non-hydrogen) atoms. The Morgan fingerprint density at radius 1 is 1.17 bits per heavy atom. The van der Waals surface area contributed by atoms with Crippen molar-refractivity contribution in [1.29, 1.82) is 0 Å². The van der Waals surface area contributed by atoms with Gasteiger partial charge in [-0.3, -0.25) is 9.52 Å². The van der Waals surface area contributed by atoms with Crippen LogP contribution in [0.25, 0.3) is 0 Å². The Balaban J connectivity index is 1.67. The van der Waals surface area contributed by atoms with Gasteiger partial charge in [0.1, 0.15) is 5.75 Å². The summed E-state index contributed by atoms with van der Waals surface area (Å²) in [6.45, 7) is 2.47. The zero-order chi connectivity index (χ0) is 20.9. The van der Waals surface area contributed by atoms with Crippen molar-refractivity contribution in [2.24, 2.45) is 0 Å². The number of hydrogen-bond donors (Lipinski definition) is 2. The molecule has 0 radical (unpaired) electrons. The van der Waals surface area contributed by atoms with Crippen LogP contribution in [0.2, 0.25) is 0 Å². The van der Waals surface area contributed by atoms with Crippen LogP contribution in [0.3, 0.4) is 0 Å². The number of carbonyl (C=O) groups is 1. The van der Waals surface area contributed by atoms with E-state index in [4.69, 9.17) is 4.74 Å². The predicted molar refractivity (Wildman–Crippen MR) is 109 cm³/mol. The number of methoxy groups -OCH3 is 1. The van der Waals surface area contributed by atoms with E-state index in [1.807, 2.05) is 17.7 Å². The number of benzene rings is 2. The van der Waals surface area contributed by atoms with E-state index in [0.29, 0.717) is 23.5 Å². The minimum atomic E-state index is -3.82. The summed E-state index contributed by atoms with van der Waals surface area (Å²) in [5, 5.41) is 2.88. The molecule has 0 aliphatic carbocycles. The van der Waals surface area contributed by atoms with Crippen molar-refractivity contribution in [2.75, 3.05) is 11.8 Å². The summed E-state index contributed by atoms with van der Waals surface area (Å²) >= 11 is 0. The molecule has 3 aromatic rings. The molecule has 1 amide bonds. The minimum absolute atomic E-state index is 0.0476. The van der Waals surface area contributed by atoms with Crippen LogP contribution in [-0.4, -0.2) is 37.0 Å². The molecule has 1 aromatic heterocycles. The summed E-state index contributed by atoms with van der Waals surface area (Å²) in [5.74, 6) is 0.137. The van der Waals surface area contributed by atoms with Crippen LogP contribution in [0.5, 0.6) is 5.75 Å². The van der Waals surface area contributed by atoms with Crippen molar-refractivity contribution in [2.45, 2.75) is 24.4 Å². The molecule has 0 fully saturated rings. The number of ether oxygens (including phenoxy) is 1. The molecule has 8 nitrogen and oxygen atoms in total. The number of nitrogens with one attached hydrogen (secondary N) is 2. The fraction of sp³-hybridized carbons (Fsp3) is 0.200. The van der Waals surface area contributed by atoms with Crippen LogP contribution < -0.4 is 14.8 Å². The van der Waals surface area contributed by atoms with Gasteiger partial charge in [0.15, 0.2) is 0 Å². The monoisotopic (exact) mass is 414 g/mol. The van der Waals surface area contributed by atoms with E-state index < -0.39 is 10.0 Å². The molecule has 2 aromatic carbocycles. The first-order valence-electron chi connectivity index (χ1n) is 8.91. The van der Waals surface area contributed by atoms with Crippen LogP contribution in [0.4, 0.5) is 5.69 Å². The van der Waals surface area contributed by atoms with E-state index in [1.54, 1.807) is 36.8 Å². The number of imidazole rings is 1. The number of aromatic nitrogens is 2. The van der Waals surface area contributed by atoms with Gasteiger partial charge in [0, 0.05) is 30.5 Å². The second-order valence-corrected chi connectivity index (χ2v) is 8.15. The summed E-state index contributed by atoms with van der Waals surface area (Å²) in [7, 11) is -2.35. The van der Waals surface area contributed by atoms with Crippen LogP contribution >= 0.6 is 0 Å². The molecule has 2 N–H and O–H groups in total. The Bertz CT molecular complexity index is 1060. The van der Waals surface area contributed by atoms with Crippen molar-refractivity contribution in [1.82, 2.24) is 14.9 Å². The van der Waals surface area contributed by atoms with Gasteiger partial charge in [-0.25, -0.2) is 13.4 Å². The van der Waals surface area contributed by atoms with E-state index in [-0.39, 0.29) is 16.8 Å². The zero-order valence-corrected chi connectivity index (χ0v) is 16.9. The third-order valence-electron chi connectivity index (χ3n) is 4.20. The third-order valence-corrected chi connectivity index (χ3v) is 5.58. The summed E-state index contributed by atoms with van der Waals surface area (Å²) in [6.07, 6.45) is 5.17. The molecule has 0 bridgehead atoms. The second-order valence-electron chi connectivity index (χ2n) is 6.46. The van der Waals surface area contributed by atoms with E-state index >= 15 is 0 Å². The normalized spacial score (nSPS) is 12.2. The maximum atomic E-state index is 12.6. The fourth-order valence-electron chi connectivity index (χ4n) is 2.78. The molecule has 0 saturated carbocycles. The maximum absolute atomic E-state index is 12.6. The topological polar surface area (TPSA) is 102 Å². The summed E-state index contributed by atoms with van der Waals surface area (Å²) in [6, 6.07) is 12.4. The minimum Gasteiger partial charge on any atom is -0.495 e. The standard InChI is InChI=1S/C20H22N4O4S/c1-15(13-24-12-11-21-14-24)22-20(25)16-7-9-17(10-8-16)29(26,27)23-18-5-3-4-6-19(18)28-2/h3-12,14-15,23H,13H2,1-2H3,(H,22,25). The first-order valence-corrected chi connectivity index (χ1v) is 10.4. The van der Waals surface area contributed by atoms with Crippen LogP contribution in [0, 0.1) is 0 Å². The lowest BCUT2D eigenvalue weighted by molar-refractivity contribution is 0.0936. The average Bonchev–Trinajstić information content (AvgIpc) is 3.21. The Kier molecular flexibility index (Phi) is 6.18. The second kappa shape index (κ2) is 8.78. The molecule has 1 atom stereocenters. The van der Waals surface area contributed by atoms with Crippen molar-refractivity contribution in [3.05, 3.63) is 72.8 Å². The van der Waals surface area contributed by atoms with Gasteiger partial charge in [-0.2, -0.15) is 0 Å². The summed E-state index contributed by atoms with van der Waals surface area (Å²) in [4.78, 5) is 16.4. The third kappa shape index (κ3) is 5.14. The number of amides is 1. The number of rotatable bonds is 8. The first kappa shape index (κ1) is 20.4. The maximum Gasteiger partial charge on any atom is 0.262 e. The molecule has 152 valence electrons. The molecule has 0 spiro atoms. The molecule has 9 heteroatoms. The highest BCUT2D eigenvalue weighted by molar-refractivity contribution is 7.92. The van der Waals surface area contributed by atoms with Gasteiger partial charge in [0.25, 0.3) is 15.9 Å². The Morgan fingerprint density at radius 3 is 2.55 bits per heavy atom. The Labute approximate surface area is 169 Å². The Hall–Kier alpha value is -3.33. The van der Waals surface area contributed by atoms with E-state index in [0.717, 1.165) is 0 Å². The molecule has 3 rings (SSSR count). The Morgan fingerprint density at radius 2 is 1.90 bits per heavy atom. The van der Waals surface area contributed by atoms with Crippen LogP contribution in [0.1, 0.15) is 17.3 Å².